The molecule has 0 radical (unpaired) electrons. The Kier molecular flexibility index (Phi) is 8.07. The maximum absolute atomic E-state index is 14.2. The van der Waals surface area contributed by atoms with Crippen LogP contribution in [0.2, 0.25) is 0 Å². The van der Waals surface area contributed by atoms with Crippen molar-refractivity contribution in [2.24, 2.45) is 10.8 Å². The van der Waals surface area contributed by atoms with Crippen molar-refractivity contribution < 1.29 is 8.78 Å². The number of allylic oxidation sites excluding steroid dienone is 1. The highest BCUT2D eigenvalue weighted by atomic mass is 19.1. The van der Waals surface area contributed by atoms with E-state index in [0.29, 0.717) is 53.0 Å². The fourth-order valence-corrected chi connectivity index (χ4v) is 10.5. The molecule has 4 saturated heterocycles. The first-order chi connectivity index (χ1) is 23.5. The zero-order valence-corrected chi connectivity index (χ0v) is 30.5. The standard InChI is InChI=1S/C20H26FN3O.C20H24FN3O/c2*1-5-9-23-17(25)16-14(21)7-6-8-15(16)22-18(23)24-13-10-19(2,3)12-20(24,4)11-13/h6-8,13H,5,9-12H2,1-4H3;5-8,13H,1,9-12H2,2-4H3/t2*13-,20-/m11/s1. The Morgan fingerprint density at radius 1 is 0.740 bits per heavy atom. The molecule has 4 bridgehead atoms. The van der Waals surface area contributed by atoms with Crippen LogP contribution in [-0.4, -0.2) is 42.3 Å². The van der Waals surface area contributed by atoms with Crippen molar-refractivity contribution >= 4 is 33.7 Å². The number of fused-ring (bicyclic) bond motifs is 6. The van der Waals surface area contributed by atoms with Crippen LogP contribution < -0.4 is 20.9 Å². The van der Waals surface area contributed by atoms with E-state index in [4.69, 9.17) is 9.97 Å². The lowest BCUT2D eigenvalue weighted by Crippen LogP contribution is -2.71. The quantitative estimate of drug-likeness (QED) is 0.192. The molecule has 50 heavy (non-hydrogen) atoms. The Balaban J connectivity index is 0.000000157. The van der Waals surface area contributed by atoms with Crippen molar-refractivity contribution in [3.8, 4) is 0 Å². The molecule has 266 valence electrons. The molecule has 0 saturated carbocycles. The van der Waals surface area contributed by atoms with Crippen molar-refractivity contribution in [1.82, 2.24) is 19.1 Å². The second-order valence-electron chi connectivity index (χ2n) is 17.3. The van der Waals surface area contributed by atoms with E-state index < -0.39 is 11.6 Å². The summed E-state index contributed by atoms with van der Waals surface area (Å²) in [6.45, 7) is 20.4. The van der Waals surface area contributed by atoms with Crippen LogP contribution in [0.15, 0.2) is 58.6 Å². The third kappa shape index (κ3) is 5.44. The third-order valence-electron chi connectivity index (χ3n) is 11.6. The summed E-state index contributed by atoms with van der Waals surface area (Å²) in [4.78, 5) is 40.1. The van der Waals surface area contributed by atoms with Gasteiger partial charge in [0.15, 0.2) is 0 Å². The second kappa shape index (κ2) is 11.7. The summed E-state index contributed by atoms with van der Waals surface area (Å²) in [5.41, 5.74) is 0.929. The molecule has 10 heteroatoms. The smallest absolute Gasteiger partial charge is 0.266 e. The number of nitrogens with zero attached hydrogens (tertiary/aromatic N) is 6. The van der Waals surface area contributed by atoms with E-state index in [0.717, 1.165) is 50.9 Å². The van der Waals surface area contributed by atoms with Gasteiger partial charge in [-0.3, -0.25) is 18.7 Å². The van der Waals surface area contributed by atoms with E-state index >= 15 is 0 Å². The van der Waals surface area contributed by atoms with Crippen LogP contribution in [0.4, 0.5) is 20.7 Å². The molecule has 0 N–H and O–H groups in total. The Morgan fingerprint density at radius 2 is 1.18 bits per heavy atom. The summed E-state index contributed by atoms with van der Waals surface area (Å²) in [5, 5.41) is 0.167. The van der Waals surface area contributed by atoms with Crippen LogP contribution in [0.1, 0.15) is 93.4 Å². The number of anilines is 2. The van der Waals surface area contributed by atoms with Gasteiger partial charge < -0.3 is 9.80 Å². The highest BCUT2D eigenvalue weighted by Crippen LogP contribution is 2.56. The normalized spacial score (nSPS) is 27.3. The minimum Gasteiger partial charge on any atom is -0.334 e. The topological polar surface area (TPSA) is 76.3 Å². The van der Waals surface area contributed by atoms with Gasteiger partial charge in [-0.1, -0.05) is 52.8 Å². The lowest BCUT2D eigenvalue weighted by Gasteiger charge is -2.65. The van der Waals surface area contributed by atoms with Crippen LogP contribution in [0.3, 0.4) is 0 Å². The van der Waals surface area contributed by atoms with E-state index in [-0.39, 0.29) is 33.0 Å². The first-order valence-corrected chi connectivity index (χ1v) is 18.1. The lowest BCUT2D eigenvalue weighted by atomic mass is 9.59. The summed E-state index contributed by atoms with van der Waals surface area (Å²) in [6.07, 6.45) is 9.05. The molecule has 4 fully saturated rings. The summed E-state index contributed by atoms with van der Waals surface area (Å²) in [7, 11) is 0. The zero-order chi connectivity index (χ0) is 36.0. The van der Waals surface area contributed by atoms with Crippen molar-refractivity contribution in [2.75, 3.05) is 9.80 Å². The van der Waals surface area contributed by atoms with Gasteiger partial charge in [-0.15, -0.1) is 6.58 Å². The van der Waals surface area contributed by atoms with E-state index in [9.17, 15) is 18.4 Å². The maximum atomic E-state index is 14.2. The van der Waals surface area contributed by atoms with Gasteiger partial charge in [0, 0.05) is 36.3 Å². The average molecular weight is 685 g/mol. The van der Waals surface area contributed by atoms with Gasteiger partial charge in [0.25, 0.3) is 11.1 Å². The number of aromatic nitrogens is 4. The number of benzene rings is 2. The highest BCUT2D eigenvalue weighted by molar-refractivity contribution is 5.80. The van der Waals surface area contributed by atoms with Gasteiger partial charge in [0.1, 0.15) is 22.4 Å². The maximum Gasteiger partial charge on any atom is 0.266 e. The summed E-state index contributed by atoms with van der Waals surface area (Å²) < 4.78 is 31.7. The minimum atomic E-state index is -0.518. The van der Waals surface area contributed by atoms with Crippen LogP contribution in [0.25, 0.3) is 21.8 Å². The van der Waals surface area contributed by atoms with Gasteiger partial charge in [0.2, 0.25) is 11.9 Å². The first kappa shape index (κ1) is 34.4. The third-order valence-corrected chi connectivity index (χ3v) is 11.6. The van der Waals surface area contributed by atoms with Crippen molar-refractivity contribution in [3.05, 3.63) is 81.4 Å². The van der Waals surface area contributed by atoms with Gasteiger partial charge in [-0.25, -0.2) is 18.7 Å². The Morgan fingerprint density at radius 3 is 1.60 bits per heavy atom. The number of piperidine rings is 2. The van der Waals surface area contributed by atoms with Crippen molar-refractivity contribution in [2.45, 2.75) is 130 Å². The molecule has 8 rings (SSSR count). The molecule has 6 heterocycles. The van der Waals surface area contributed by atoms with Crippen LogP contribution in [0, 0.1) is 22.5 Å². The summed E-state index contributed by atoms with van der Waals surface area (Å²) in [5.74, 6) is 0.370. The molecule has 0 spiro atoms. The highest BCUT2D eigenvalue weighted by Gasteiger charge is 2.58. The Bertz CT molecular complexity index is 2140. The molecular weight excluding hydrogens is 634 g/mol. The zero-order valence-electron chi connectivity index (χ0n) is 30.5. The fraction of sp³-hybridized carbons (Fsp3) is 0.550. The molecule has 8 nitrogen and oxygen atoms in total. The van der Waals surface area contributed by atoms with E-state index in [1.807, 2.05) is 6.92 Å². The molecule has 4 aliphatic heterocycles. The minimum absolute atomic E-state index is 0.00419. The largest absolute Gasteiger partial charge is 0.334 e. The van der Waals surface area contributed by atoms with Crippen LogP contribution in [-0.2, 0) is 13.1 Å². The molecule has 4 atom stereocenters. The predicted octanol–water partition coefficient (Wildman–Crippen LogP) is 7.98. The van der Waals surface area contributed by atoms with Crippen LogP contribution >= 0.6 is 0 Å². The fourth-order valence-electron chi connectivity index (χ4n) is 10.5. The van der Waals surface area contributed by atoms with E-state index in [2.05, 4.69) is 57.9 Å². The number of rotatable bonds is 6. The lowest BCUT2D eigenvalue weighted by molar-refractivity contribution is 0.0450. The molecule has 2 aromatic heterocycles. The Hall–Kier alpha value is -4.08. The summed E-state index contributed by atoms with van der Waals surface area (Å²) >= 11 is 0. The van der Waals surface area contributed by atoms with Gasteiger partial charge in [0.05, 0.1) is 11.0 Å². The van der Waals surface area contributed by atoms with Gasteiger partial charge >= 0.3 is 0 Å². The SMILES string of the molecule is C=CCn1c(N2[C@@H]3CC(C)(C)C[C@@]2(C)C3)nc2cccc(F)c2c1=O.CCCn1c(N2[C@@H]3CC(C)(C)C[C@@]2(C)C3)nc2cccc(F)c2c1=O. The molecular formula is C40H50F2N6O2. The first-order valence-electron chi connectivity index (χ1n) is 18.1. The number of hydrogen-bond donors (Lipinski definition) is 0. The molecule has 0 amide bonds. The van der Waals surface area contributed by atoms with Crippen molar-refractivity contribution in [1.29, 1.82) is 0 Å². The predicted molar refractivity (Wildman–Crippen MR) is 197 cm³/mol. The average Bonchev–Trinajstić information content (AvgIpc) is 2.99. The molecule has 0 unspecified atom stereocenters. The molecule has 2 aromatic carbocycles. The van der Waals surface area contributed by atoms with Crippen molar-refractivity contribution in [3.63, 3.8) is 0 Å². The van der Waals surface area contributed by atoms with E-state index in [1.165, 1.54) is 12.1 Å². The molecule has 4 aromatic rings. The number of hydrogen-bond acceptors (Lipinski definition) is 6. The molecule has 0 aliphatic carbocycles. The van der Waals surface area contributed by atoms with Crippen LogP contribution in [0.5, 0.6) is 0 Å². The van der Waals surface area contributed by atoms with Gasteiger partial charge in [-0.2, -0.15) is 0 Å². The summed E-state index contributed by atoms with van der Waals surface area (Å²) in [6, 6.07) is 10.1. The van der Waals surface area contributed by atoms with Gasteiger partial charge in [-0.05, 0) is 93.9 Å². The Labute approximate surface area is 292 Å². The monoisotopic (exact) mass is 684 g/mol. The second-order valence-corrected chi connectivity index (χ2v) is 17.3. The number of halogens is 2. The molecule has 4 aliphatic rings. The van der Waals surface area contributed by atoms with E-state index in [1.54, 1.807) is 39.5 Å².